The largest absolute Gasteiger partial charge is 0.507 e. The number of rotatable bonds is 5. The maximum Gasteiger partial charge on any atom is 0.295 e. The Hall–Kier alpha value is -3.45. The van der Waals surface area contributed by atoms with Crippen molar-refractivity contribution in [3.63, 3.8) is 0 Å². The molecule has 7 heteroatoms. The number of nitrogens with zero attached hydrogens (tertiary/aromatic N) is 4. The van der Waals surface area contributed by atoms with Gasteiger partial charge in [-0.05, 0) is 37.9 Å². The zero-order chi connectivity index (χ0) is 21.4. The molecule has 0 bridgehead atoms. The summed E-state index contributed by atoms with van der Waals surface area (Å²) < 4.78 is 1.90. The molecule has 3 heterocycles. The summed E-state index contributed by atoms with van der Waals surface area (Å²) in [4.78, 5) is 33.5. The van der Waals surface area contributed by atoms with E-state index in [9.17, 15) is 14.7 Å². The van der Waals surface area contributed by atoms with Gasteiger partial charge in [0, 0.05) is 55.2 Å². The van der Waals surface area contributed by atoms with Crippen molar-refractivity contribution in [2.24, 2.45) is 7.05 Å². The number of hydrogen-bond donors (Lipinski definition) is 1. The van der Waals surface area contributed by atoms with Crippen molar-refractivity contribution in [1.82, 2.24) is 19.4 Å². The molecule has 7 nitrogen and oxygen atoms in total. The molecular formula is C23H24N4O3. The molecule has 1 atom stereocenters. The van der Waals surface area contributed by atoms with Crippen LogP contribution in [0.3, 0.4) is 0 Å². The number of likely N-dealkylation sites (N-methyl/N-ethyl adjacent to an activating group) is 1. The Morgan fingerprint density at radius 2 is 1.83 bits per heavy atom. The summed E-state index contributed by atoms with van der Waals surface area (Å²) in [5, 5.41) is 12.1. The number of likely N-dealkylation sites (tertiary alicyclic amines) is 1. The van der Waals surface area contributed by atoms with Gasteiger partial charge in [-0.1, -0.05) is 18.2 Å². The van der Waals surface area contributed by atoms with Crippen molar-refractivity contribution >= 4 is 28.4 Å². The summed E-state index contributed by atoms with van der Waals surface area (Å²) in [6.07, 6.45) is 5.04. The summed E-state index contributed by atoms with van der Waals surface area (Å²) in [7, 11) is 5.71. The summed E-state index contributed by atoms with van der Waals surface area (Å²) in [5.41, 5.74) is 2.32. The molecule has 1 aromatic carbocycles. The minimum Gasteiger partial charge on any atom is -0.507 e. The molecule has 0 unspecified atom stereocenters. The topological polar surface area (TPSA) is 78.7 Å². The predicted molar refractivity (Wildman–Crippen MR) is 115 cm³/mol. The number of benzene rings is 1. The third-order valence-corrected chi connectivity index (χ3v) is 5.50. The molecule has 0 spiro atoms. The lowest BCUT2D eigenvalue weighted by Crippen LogP contribution is -2.35. The Labute approximate surface area is 174 Å². The lowest BCUT2D eigenvalue weighted by molar-refractivity contribution is -0.140. The summed E-state index contributed by atoms with van der Waals surface area (Å²) >= 11 is 0. The SMILES string of the molecule is CN(C)CCN1C(=O)C(=O)C(=C(O)c2cn(C)c3ccccc23)[C@@H]1c1ccncc1. The van der Waals surface area contributed by atoms with Gasteiger partial charge >= 0.3 is 0 Å². The van der Waals surface area contributed by atoms with Crippen molar-refractivity contribution in [1.29, 1.82) is 0 Å². The van der Waals surface area contributed by atoms with Gasteiger partial charge in [-0.3, -0.25) is 14.6 Å². The first-order chi connectivity index (χ1) is 14.4. The average molecular weight is 404 g/mol. The van der Waals surface area contributed by atoms with Gasteiger partial charge in [-0.15, -0.1) is 0 Å². The van der Waals surface area contributed by atoms with Crippen LogP contribution in [0.4, 0.5) is 0 Å². The fraction of sp³-hybridized carbons (Fsp3) is 0.261. The molecule has 3 aromatic rings. The van der Waals surface area contributed by atoms with E-state index < -0.39 is 17.7 Å². The van der Waals surface area contributed by atoms with E-state index >= 15 is 0 Å². The summed E-state index contributed by atoms with van der Waals surface area (Å²) in [6, 6.07) is 10.5. The first-order valence-electron chi connectivity index (χ1n) is 9.77. The smallest absolute Gasteiger partial charge is 0.295 e. The van der Waals surface area contributed by atoms with Gasteiger partial charge in [0.05, 0.1) is 11.6 Å². The van der Waals surface area contributed by atoms with E-state index in [2.05, 4.69) is 4.98 Å². The Morgan fingerprint density at radius 1 is 1.13 bits per heavy atom. The number of aliphatic hydroxyl groups is 1. The number of hydrogen-bond acceptors (Lipinski definition) is 5. The van der Waals surface area contributed by atoms with Gasteiger partial charge in [0.15, 0.2) is 0 Å². The number of para-hydroxylation sites is 1. The van der Waals surface area contributed by atoms with Crippen LogP contribution in [-0.2, 0) is 16.6 Å². The van der Waals surface area contributed by atoms with Gasteiger partial charge in [0.1, 0.15) is 5.76 Å². The highest BCUT2D eigenvalue weighted by atomic mass is 16.3. The lowest BCUT2D eigenvalue weighted by Gasteiger charge is -2.26. The highest BCUT2D eigenvalue weighted by molar-refractivity contribution is 6.46. The minimum atomic E-state index is -0.666. The van der Waals surface area contributed by atoms with Crippen molar-refractivity contribution in [2.45, 2.75) is 6.04 Å². The van der Waals surface area contributed by atoms with Gasteiger partial charge in [-0.25, -0.2) is 0 Å². The van der Waals surface area contributed by atoms with Crippen LogP contribution in [0.2, 0.25) is 0 Å². The first-order valence-corrected chi connectivity index (χ1v) is 9.77. The second-order valence-corrected chi connectivity index (χ2v) is 7.75. The van der Waals surface area contributed by atoms with Crippen molar-refractivity contribution in [3.05, 3.63) is 71.7 Å². The Kier molecular flexibility index (Phi) is 5.13. The molecule has 1 aliphatic heterocycles. The van der Waals surface area contributed by atoms with Crippen LogP contribution in [0.25, 0.3) is 16.7 Å². The van der Waals surface area contributed by atoms with Gasteiger partial charge < -0.3 is 19.5 Å². The van der Waals surface area contributed by atoms with Gasteiger partial charge in [0.25, 0.3) is 11.7 Å². The van der Waals surface area contributed by atoms with Crippen LogP contribution in [0, 0.1) is 0 Å². The lowest BCUT2D eigenvalue weighted by atomic mass is 9.96. The number of carbonyl (C=O) groups is 2. The molecule has 0 saturated carbocycles. The minimum absolute atomic E-state index is 0.112. The molecule has 1 aliphatic rings. The highest BCUT2D eigenvalue weighted by Crippen LogP contribution is 2.40. The van der Waals surface area contributed by atoms with Crippen molar-refractivity contribution in [3.8, 4) is 0 Å². The zero-order valence-electron chi connectivity index (χ0n) is 17.2. The molecule has 0 aliphatic carbocycles. The van der Waals surface area contributed by atoms with Crippen LogP contribution in [-0.4, -0.2) is 63.3 Å². The summed E-state index contributed by atoms with van der Waals surface area (Å²) in [5.74, 6) is -1.42. The fourth-order valence-corrected chi connectivity index (χ4v) is 3.99. The number of ketones is 1. The van der Waals surface area contributed by atoms with Crippen molar-refractivity contribution in [2.75, 3.05) is 27.2 Å². The Bertz CT molecular complexity index is 1150. The first kappa shape index (κ1) is 19.8. The van der Waals surface area contributed by atoms with E-state index in [1.165, 1.54) is 4.90 Å². The number of aryl methyl sites for hydroxylation is 1. The monoisotopic (exact) mass is 404 g/mol. The van der Waals surface area contributed by atoms with E-state index in [0.717, 1.165) is 16.5 Å². The number of aliphatic hydroxyl groups excluding tert-OH is 1. The number of Topliss-reactive ketones (excluding diaryl/α,β-unsaturated/α-hetero) is 1. The third kappa shape index (κ3) is 3.27. The molecule has 30 heavy (non-hydrogen) atoms. The van der Waals surface area contributed by atoms with Gasteiger partial charge in [-0.2, -0.15) is 0 Å². The number of aromatic nitrogens is 2. The van der Waals surface area contributed by atoms with Crippen LogP contribution in [0.5, 0.6) is 0 Å². The predicted octanol–water partition coefficient (Wildman–Crippen LogP) is 2.56. The number of fused-ring (bicyclic) bond motifs is 1. The number of pyridine rings is 1. The standard InChI is InChI=1S/C23H24N4O3/c1-25(2)12-13-27-20(15-8-10-24-11-9-15)19(22(29)23(27)30)21(28)17-14-26(3)18-7-5-4-6-16(17)18/h4-11,14,20,28H,12-13H2,1-3H3/t20-/m0/s1. The van der Waals surface area contributed by atoms with Crippen molar-refractivity contribution < 1.29 is 14.7 Å². The Morgan fingerprint density at radius 3 is 2.53 bits per heavy atom. The van der Waals surface area contributed by atoms with Crippen LogP contribution < -0.4 is 0 Å². The molecule has 4 rings (SSSR count). The summed E-state index contributed by atoms with van der Waals surface area (Å²) in [6.45, 7) is 0.972. The average Bonchev–Trinajstić information content (AvgIpc) is 3.21. The van der Waals surface area contributed by atoms with E-state index in [0.29, 0.717) is 18.7 Å². The number of amides is 1. The van der Waals surface area contributed by atoms with E-state index in [1.54, 1.807) is 30.7 Å². The van der Waals surface area contributed by atoms with Crippen LogP contribution >= 0.6 is 0 Å². The van der Waals surface area contributed by atoms with Gasteiger partial charge in [0.2, 0.25) is 0 Å². The maximum absolute atomic E-state index is 13.1. The normalized spacial score (nSPS) is 18.7. The van der Waals surface area contributed by atoms with E-state index in [-0.39, 0.29) is 11.3 Å². The maximum atomic E-state index is 13.1. The molecule has 1 amide bonds. The molecule has 154 valence electrons. The molecule has 1 N–H and O–H groups in total. The van der Waals surface area contributed by atoms with E-state index in [1.807, 2.05) is 54.9 Å². The molecule has 2 aromatic heterocycles. The highest BCUT2D eigenvalue weighted by Gasteiger charge is 2.46. The molecule has 1 saturated heterocycles. The Balaban J connectivity index is 1.91. The van der Waals surface area contributed by atoms with Crippen LogP contribution in [0.1, 0.15) is 17.2 Å². The zero-order valence-corrected chi connectivity index (χ0v) is 17.2. The molecule has 1 fully saturated rings. The van der Waals surface area contributed by atoms with E-state index in [4.69, 9.17) is 0 Å². The second-order valence-electron chi connectivity index (χ2n) is 7.75. The van der Waals surface area contributed by atoms with Crippen LogP contribution in [0.15, 0.2) is 60.6 Å². The molecular weight excluding hydrogens is 380 g/mol. The quantitative estimate of drug-likeness (QED) is 0.402. The fourth-order valence-electron chi connectivity index (χ4n) is 3.99. The molecule has 0 radical (unpaired) electrons. The third-order valence-electron chi connectivity index (χ3n) is 5.50. The second kappa shape index (κ2) is 7.76. The number of carbonyl (C=O) groups excluding carboxylic acids is 2.